The Morgan fingerprint density at radius 1 is 1.22 bits per heavy atom. The van der Waals surface area contributed by atoms with E-state index in [1.807, 2.05) is 37.3 Å². The van der Waals surface area contributed by atoms with Gasteiger partial charge in [-0.2, -0.15) is 8.42 Å². The molecule has 96 valence electrons. The lowest BCUT2D eigenvalue weighted by atomic mass is 10.2. The summed E-state index contributed by atoms with van der Waals surface area (Å²) in [7, 11) is -3.45. The zero-order valence-electron chi connectivity index (χ0n) is 10.00. The average Bonchev–Trinajstić information content (AvgIpc) is 2.77. The molecule has 0 atom stereocenters. The fraction of sp³-hybridized carbons (Fsp3) is 0.231. The van der Waals surface area contributed by atoms with Crippen molar-refractivity contribution in [2.45, 2.75) is 13.3 Å². The van der Waals surface area contributed by atoms with E-state index in [-0.39, 0.29) is 5.75 Å². The molecule has 1 heterocycles. The lowest BCUT2D eigenvalue weighted by Gasteiger charge is -2.02. The van der Waals surface area contributed by atoms with E-state index >= 15 is 0 Å². The van der Waals surface area contributed by atoms with Crippen molar-refractivity contribution in [3.63, 3.8) is 0 Å². The molecule has 0 amide bonds. The van der Waals surface area contributed by atoms with E-state index in [2.05, 4.69) is 0 Å². The fourth-order valence-electron chi connectivity index (χ4n) is 1.55. The highest BCUT2D eigenvalue weighted by atomic mass is 32.2. The van der Waals surface area contributed by atoms with Crippen LogP contribution in [0.5, 0.6) is 5.75 Å². The largest absolute Gasteiger partial charge is 0.381 e. The van der Waals surface area contributed by atoms with Crippen molar-refractivity contribution in [3.05, 3.63) is 41.8 Å². The molecule has 0 spiro atoms. The minimum atomic E-state index is -3.45. The second-order valence-electron chi connectivity index (χ2n) is 3.86. The monoisotopic (exact) mass is 282 g/mol. The lowest BCUT2D eigenvalue weighted by Crippen LogP contribution is -2.12. The van der Waals surface area contributed by atoms with Crippen molar-refractivity contribution < 1.29 is 12.6 Å². The highest BCUT2D eigenvalue weighted by molar-refractivity contribution is 7.87. The van der Waals surface area contributed by atoms with Gasteiger partial charge in [0.2, 0.25) is 0 Å². The van der Waals surface area contributed by atoms with E-state index in [1.165, 1.54) is 11.3 Å². The van der Waals surface area contributed by atoms with Crippen molar-refractivity contribution in [1.82, 2.24) is 0 Å². The number of benzene rings is 1. The second-order valence-corrected chi connectivity index (χ2v) is 6.46. The zero-order chi connectivity index (χ0) is 13.0. The molecule has 0 saturated heterocycles. The number of hydrogen-bond donors (Lipinski definition) is 0. The maximum absolute atomic E-state index is 11.5. The van der Waals surface area contributed by atoms with Gasteiger partial charge in [0.15, 0.2) is 5.75 Å². The maximum atomic E-state index is 11.5. The molecule has 2 aromatic rings. The molecule has 1 aromatic heterocycles. The molecule has 0 aliphatic carbocycles. The zero-order valence-corrected chi connectivity index (χ0v) is 11.6. The summed E-state index contributed by atoms with van der Waals surface area (Å²) in [6.45, 7) is 1.81. The highest BCUT2D eigenvalue weighted by Gasteiger charge is 2.13. The molecule has 0 aliphatic rings. The predicted molar refractivity (Wildman–Crippen MR) is 74.5 cm³/mol. The normalized spacial score (nSPS) is 11.4. The standard InChI is InChI=1S/C13H14O3S2/c1-2-8-18(14,15)16-12-9-13(17-10-12)11-6-4-3-5-7-11/h3-7,9-10H,2,8H2,1H3. The molecule has 0 fully saturated rings. The Kier molecular flexibility index (Phi) is 4.04. The predicted octanol–water partition coefficient (Wildman–Crippen LogP) is 3.53. The first-order valence-corrected chi connectivity index (χ1v) is 8.12. The molecule has 2 rings (SSSR count). The molecule has 0 saturated carbocycles. The summed E-state index contributed by atoms with van der Waals surface area (Å²) >= 11 is 1.47. The minimum absolute atomic E-state index is 0.0452. The van der Waals surface area contributed by atoms with Crippen LogP contribution in [0.1, 0.15) is 13.3 Å². The molecule has 0 N–H and O–H groups in total. The molecule has 0 radical (unpaired) electrons. The quantitative estimate of drug-likeness (QED) is 0.788. The van der Waals surface area contributed by atoms with Crippen LogP contribution in [0.25, 0.3) is 10.4 Å². The van der Waals surface area contributed by atoms with E-state index in [9.17, 15) is 8.42 Å². The lowest BCUT2D eigenvalue weighted by molar-refractivity contribution is 0.486. The SMILES string of the molecule is CCCS(=O)(=O)Oc1csc(-c2ccccc2)c1. The fourth-order valence-corrected chi connectivity index (χ4v) is 3.40. The molecule has 0 bridgehead atoms. The van der Waals surface area contributed by atoms with Crippen LogP contribution in [-0.4, -0.2) is 14.2 Å². The van der Waals surface area contributed by atoms with Crippen LogP contribution in [0.3, 0.4) is 0 Å². The highest BCUT2D eigenvalue weighted by Crippen LogP contribution is 2.31. The first-order valence-electron chi connectivity index (χ1n) is 5.67. The van der Waals surface area contributed by atoms with Gasteiger partial charge in [0, 0.05) is 16.3 Å². The third-order valence-corrected chi connectivity index (χ3v) is 4.62. The van der Waals surface area contributed by atoms with Crippen LogP contribution in [-0.2, 0) is 10.1 Å². The van der Waals surface area contributed by atoms with Crippen molar-refractivity contribution in [2.24, 2.45) is 0 Å². The van der Waals surface area contributed by atoms with Crippen LogP contribution >= 0.6 is 11.3 Å². The minimum Gasteiger partial charge on any atom is -0.381 e. The average molecular weight is 282 g/mol. The van der Waals surface area contributed by atoms with Gasteiger partial charge in [-0.3, -0.25) is 0 Å². The van der Waals surface area contributed by atoms with Crippen LogP contribution in [0.2, 0.25) is 0 Å². The van der Waals surface area contributed by atoms with Gasteiger partial charge in [0.1, 0.15) is 0 Å². The van der Waals surface area contributed by atoms with Gasteiger partial charge in [-0.05, 0) is 12.0 Å². The van der Waals surface area contributed by atoms with E-state index in [0.29, 0.717) is 12.2 Å². The van der Waals surface area contributed by atoms with Gasteiger partial charge in [0.05, 0.1) is 5.75 Å². The summed E-state index contributed by atoms with van der Waals surface area (Å²) < 4.78 is 28.1. The summed E-state index contributed by atoms with van der Waals surface area (Å²) in [6, 6.07) is 11.6. The van der Waals surface area contributed by atoms with Gasteiger partial charge in [-0.1, -0.05) is 37.3 Å². The summed E-state index contributed by atoms with van der Waals surface area (Å²) in [5, 5.41) is 1.72. The Balaban J connectivity index is 2.17. The number of hydrogen-bond acceptors (Lipinski definition) is 4. The third-order valence-electron chi connectivity index (χ3n) is 2.31. The van der Waals surface area contributed by atoms with Crippen LogP contribution < -0.4 is 4.18 Å². The molecule has 1 aromatic carbocycles. The van der Waals surface area contributed by atoms with Crippen LogP contribution in [0.4, 0.5) is 0 Å². The summed E-state index contributed by atoms with van der Waals surface area (Å²) in [5.41, 5.74) is 1.06. The van der Waals surface area contributed by atoms with Gasteiger partial charge in [-0.15, -0.1) is 11.3 Å². The van der Waals surface area contributed by atoms with Crippen LogP contribution in [0.15, 0.2) is 41.8 Å². The molecule has 5 heteroatoms. The van der Waals surface area contributed by atoms with Crippen molar-refractivity contribution in [1.29, 1.82) is 0 Å². The maximum Gasteiger partial charge on any atom is 0.309 e. The summed E-state index contributed by atoms with van der Waals surface area (Å²) in [4.78, 5) is 0.997. The first-order chi connectivity index (χ1) is 8.61. The van der Waals surface area contributed by atoms with E-state index in [4.69, 9.17) is 4.18 Å². The number of thiophene rings is 1. The van der Waals surface area contributed by atoms with Gasteiger partial charge in [0.25, 0.3) is 0 Å². The van der Waals surface area contributed by atoms with Gasteiger partial charge < -0.3 is 4.18 Å². The molecule has 0 aliphatic heterocycles. The molecule has 18 heavy (non-hydrogen) atoms. The van der Waals surface area contributed by atoms with E-state index in [0.717, 1.165) is 10.4 Å². The van der Waals surface area contributed by atoms with E-state index < -0.39 is 10.1 Å². The Hall–Kier alpha value is -1.33. The summed E-state index contributed by atoms with van der Waals surface area (Å²) in [6.07, 6.45) is 0.554. The topological polar surface area (TPSA) is 43.4 Å². The Morgan fingerprint density at radius 3 is 2.61 bits per heavy atom. The molecule has 0 unspecified atom stereocenters. The second kappa shape index (κ2) is 5.54. The third kappa shape index (κ3) is 3.34. The molecule has 3 nitrogen and oxygen atoms in total. The van der Waals surface area contributed by atoms with Gasteiger partial charge in [-0.25, -0.2) is 0 Å². The van der Waals surface area contributed by atoms with Crippen molar-refractivity contribution >= 4 is 21.5 Å². The Morgan fingerprint density at radius 2 is 1.94 bits per heavy atom. The Bertz CT molecular complexity index is 600. The van der Waals surface area contributed by atoms with Gasteiger partial charge >= 0.3 is 10.1 Å². The number of rotatable bonds is 5. The van der Waals surface area contributed by atoms with Crippen molar-refractivity contribution in [3.8, 4) is 16.2 Å². The van der Waals surface area contributed by atoms with Crippen molar-refractivity contribution in [2.75, 3.05) is 5.75 Å². The molecular weight excluding hydrogens is 268 g/mol. The van der Waals surface area contributed by atoms with E-state index in [1.54, 1.807) is 11.4 Å². The summed E-state index contributed by atoms with van der Waals surface area (Å²) in [5.74, 6) is 0.441. The first kappa shape index (κ1) is 13.1. The van der Waals surface area contributed by atoms with Crippen LogP contribution in [0, 0.1) is 0 Å². The molecular formula is C13H14O3S2. The Labute approximate surface area is 111 Å². The smallest absolute Gasteiger partial charge is 0.309 e.